The molecule has 0 aliphatic carbocycles. The molecule has 1 aliphatic heterocycles. The standard InChI is InChI=1S/C37H37N3O/c1-2-3-8-31-24-30(26-40(31)32-16-13-28-19-20-38-25-29(28)23-32)27-14-17-33(18-15-27)41-22-21-39-36-11-6-4-9-34(36)35-10-5-7-12-37(35)39/h4-7,9-18,23-24,26,38H,2-3,8,19-22,25H2,1H3. The SMILES string of the molecule is CCCCc1cc(-c2ccc(OCCn3c4ccccc4c4ccccc43)cc2)cn1-c1ccc2c(c1)CNCC2. The van der Waals surface area contributed by atoms with Gasteiger partial charge in [0.2, 0.25) is 0 Å². The van der Waals surface area contributed by atoms with Crippen molar-refractivity contribution in [2.24, 2.45) is 0 Å². The number of hydrogen-bond donors (Lipinski definition) is 1. The van der Waals surface area contributed by atoms with Crippen molar-refractivity contribution < 1.29 is 4.74 Å². The summed E-state index contributed by atoms with van der Waals surface area (Å²) >= 11 is 0. The summed E-state index contributed by atoms with van der Waals surface area (Å²) in [4.78, 5) is 0. The number of benzene rings is 4. The first kappa shape index (κ1) is 25.7. The Labute approximate surface area is 242 Å². The average Bonchev–Trinajstić information content (AvgIpc) is 3.60. The highest BCUT2D eigenvalue weighted by Gasteiger charge is 2.14. The van der Waals surface area contributed by atoms with E-state index in [1.807, 2.05) is 0 Å². The van der Waals surface area contributed by atoms with E-state index in [-0.39, 0.29) is 0 Å². The van der Waals surface area contributed by atoms with Gasteiger partial charge in [0.15, 0.2) is 0 Å². The number of aromatic nitrogens is 2. The van der Waals surface area contributed by atoms with Crippen LogP contribution in [0.1, 0.15) is 36.6 Å². The van der Waals surface area contributed by atoms with Gasteiger partial charge in [-0.25, -0.2) is 0 Å². The van der Waals surface area contributed by atoms with E-state index in [2.05, 4.69) is 125 Å². The van der Waals surface area contributed by atoms with E-state index in [0.29, 0.717) is 6.61 Å². The Balaban J connectivity index is 1.09. The summed E-state index contributed by atoms with van der Waals surface area (Å²) in [6.07, 6.45) is 6.88. The molecule has 0 spiro atoms. The number of aryl methyl sites for hydroxylation is 1. The largest absolute Gasteiger partial charge is 0.492 e. The summed E-state index contributed by atoms with van der Waals surface area (Å²) in [7, 11) is 0. The molecule has 0 radical (unpaired) electrons. The van der Waals surface area contributed by atoms with Gasteiger partial charge in [0, 0.05) is 51.5 Å². The van der Waals surface area contributed by atoms with E-state index in [1.165, 1.54) is 68.3 Å². The molecule has 0 saturated carbocycles. The van der Waals surface area contributed by atoms with Crippen LogP contribution in [0.3, 0.4) is 0 Å². The van der Waals surface area contributed by atoms with E-state index in [9.17, 15) is 0 Å². The van der Waals surface area contributed by atoms with Gasteiger partial charge >= 0.3 is 0 Å². The average molecular weight is 540 g/mol. The lowest BCUT2D eigenvalue weighted by atomic mass is 10.0. The molecule has 4 aromatic carbocycles. The molecule has 3 heterocycles. The van der Waals surface area contributed by atoms with Crippen molar-refractivity contribution in [2.75, 3.05) is 13.2 Å². The Morgan fingerprint density at radius 1 is 0.780 bits per heavy atom. The van der Waals surface area contributed by atoms with Gasteiger partial charge in [-0.3, -0.25) is 0 Å². The lowest BCUT2D eigenvalue weighted by Gasteiger charge is -2.19. The summed E-state index contributed by atoms with van der Waals surface area (Å²) in [6, 6.07) is 35.2. The predicted molar refractivity (Wildman–Crippen MR) is 170 cm³/mol. The molecule has 0 saturated heterocycles. The Kier molecular flexibility index (Phi) is 7.08. The van der Waals surface area contributed by atoms with Gasteiger partial charge in [-0.2, -0.15) is 0 Å². The van der Waals surface area contributed by atoms with Crippen LogP contribution in [-0.2, 0) is 25.9 Å². The third kappa shape index (κ3) is 5.05. The van der Waals surface area contributed by atoms with Crippen LogP contribution in [0.25, 0.3) is 38.6 Å². The summed E-state index contributed by atoms with van der Waals surface area (Å²) in [5.74, 6) is 0.905. The predicted octanol–water partition coefficient (Wildman–Crippen LogP) is 8.32. The van der Waals surface area contributed by atoms with Gasteiger partial charge in [0.05, 0.1) is 6.54 Å². The molecule has 4 heteroatoms. The van der Waals surface area contributed by atoms with Crippen LogP contribution in [0.15, 0.2) is 103 Å². The molecule has 0 fully saturated rings. The molecule has 1 aliphatic rings. The van der Waals surface area contributed by atoms with Gasteiger partial charge in [-0.05, 0) is 85.0 Å². The van der Waals surface area contributed by atoms with E-state index < -0.39 is 0 Å². The topological polar surface area (TPSA) is 31.1 Å². The van der Waals surface area contributed by atoms with Crippen LogP contribution in [0.2, 0.25) is 0 Å². The minimum absolute atomic E-state index is 0.618. The van der Waals surface area contributed by atoms with Crippen molar-refractivity contribution in [3.8, 4) is 22.6 Å². The van der Waals surface area contributed by atoms with Crippen LogP contribution in [0, 0.1) is 0 Å². The third-order valence-corrected chi connectivity index (χ3v) is 8.49. The molecule has 0 bridgehead atoms. The number of ether oxygens (including phenoxy) is 1. The van der Waals surface area contributed by atoms with Crippen LogP contribution in [0.5, 0.6) is 5.75 Å². The zero-order valence-electron chi connectivity index (χ0n) is 23.8. The van der Waals surface area contributed by atoms with Gasteiger partial charge in [-0.15, -0.1) is 0 Å². The summed E-state index contributed by atoms with van der Waals surface area (Å²) in [6.45, 7) is 5.71. The Hall–Kier alpha value is -4.28. The molecule has 2 aromatic heterocycles. The number of hydrogen-bond acceptors (Lipinski definition) is 2. The van der Waals surface area contributed by atoms with E-state index in [1.54, 1.807) is 0 Å². The molecule has 0 atom stereocenters. The molecule has 1 N–H and O–H groups in total. The maximum atomic E-state index is 6.24. The highest BCUT2D eigenvalue weighted by atomic mass is 16.5. The van der Waals surface area contributed by atoms with Crippen molar-refractivity contribution in [1.29, 1.82) is 0 Å². The van der Waals surface area contributed by atoms with Crippen LogP contribution in [0.4, 0.5) is 0 Å². The quantitative estimate of drug-likeness (QED) is 0.200. The van der Waals surface area contributed by atoms with Crippen molar-refractivity contribution in [3.05, 3.63) is 120 Å². The lowest BCUT2D eigenvalue weighted by molar-refractivity contribution is 0.302. The lowest BCUT2D eigenvalue weighted by Crippen LogP contribution is -2.23. The molecular formula is C37H37N3O. The Morgan fingerprint density at radius 2 is 1.54 bits per heavy atom. The van der Waals surface area contributed by atoms with E-state index in [4.69, 9.17) is 4.74 Å². The Morgan fingerprint density at radius 3 is 2.29 bits per heavy atom. The smallest absolute Gasteiger partial charge is 0.119 e. The number of para-hydroxylation sites is 2. The first-order valence-corrected chi connectivity index (χ1v) is 15.0. The van der Waals surface area contributed by atoms with Crippen molar-refractivity contribution in [3.63, 3.8) is 0 Å². The van der Waals surface area contributed by atoms with Crippen LogP contribution >= 0.6 is 0 Å². The van der Waals surface area contributed by atoms with Gasteiger partial charge < -0.3 is 19.2 Å². The minimum Gasteiger partial charge on any atom is -0.492 e. The Bertz CT molecular complexity index is 1760. The maximum absolute atomic E-state index is 6.24. The zero-order valence-corrected chi connectivity index (χ0v) is 23.8. The van der Waals surface area contributed by atoms with Crippen molar-refractivity contribution in [1.82, 2.24) is 14.5 Å². The fraction of sp³-hybridized carbons (Fsp3) is 0.243. The van der Waals surface area contributed by atoms with Crippen molar-refractivity contribution in [2.45, 2.75) is 45.7 Å². The minimum atomic E-state index is 0.618. The fourth-order valence-corrected chi connectivity index (χ4v) is 6.32. The third-order valence-electron chi connectivity index (χ3n) is 8.49. The monoisotopic (exact) mass is 539 g/mol. The summed E-state index contributed by atoms with van der Waals surface area (Å²) in [5.41, 5.74) is 10.5. The number of nitrogens with one attached hydrogen (secondary N) is 1. The fourth-order valence-electron chi connectivity index (χ4n) is 6.32. The van der Waals surface area contributed by atoms with Gasteiger partial charge in [0.25, 0.3) is 0 Å². The first-order valence-electron chi connectivity index (χ1n) is 15.0. The normalized spacial score (nSPS) is 13.1. The summed E-state index contributed by atoms with van der Waals surface area (Å²) < 4.78 is 11.0. The molecular weight excluding hydrogens is 502 g/mol. The second-order valence-electron chi connectivity index (χ2n) is 11.1. The van der Waals surface area contributed by atoms with Gasteiger partial charge in [0.1, 0.15) is 12.4 Å². The first-order chi connectivity index (χ1) is 20.3. The molecule has 4 nitrogen and oxygen atoms in total. The number of rotatable bonds is 9. The molecule has 0 unspecified atom stereocenters. The van der Waals surface area contributed by atoms with Crippen LogP contribution in [-0.4, -0.2) is 22.3 Å². The number of fused-ring (bicyclic) bond motifs is 4. The molecule has 41 heavy (non-hydrogen) atoms. The summed E-state index contributed by atoms with van der Waals surface area (Å²) in [5, 5.41) is 6.11. The second-order valence-corrected chi connectivity index (χ2v) is 11.1. The van der Waals surface area contributed by atoms with Gasteiger partial charge in [-0.1, -0.05) is 67.9 Å². The highest BCUT2D eigenvalue weighted by molar-refractivity contribution is 6.07. The second kappa shape index (κ2) is 11.3. The highest BCUT2D eigenvalue weighted by Crippen LogP contribution is 2.30. The number of unbranched alkanes of at least 4 members (excludes halogenated alkanes) is 1. The van der Waals surface area contributed by atoms with Crippen LogP contribution < -0.4 is 10.1 Å². The molecule has 7 rings (SSSR count). The number of nitrogens with zero attached hydrogens (tertiary/aromatic N) is 2. The molecule has 6 aromatic rings. The van der Waals surface area contributed by atoms with Crippen molar-refractivity contribution >= 4 is 21.8 Å². The van der Waals surface area contributed by atoms with E-state index >= 15 is 0 Å². The molecule has 0 amide bonds. The maximum Gasteiger partial charge on any atom is 0.119 e. The molecule has 206 valence electrons. The van der Waals surface area contributed by atoms with E-state index in [0.717, 1.165) is 38.2 Å². The zero-order chi connectivity index (χ0) is 27.6.